The van der Waals surface area contributed by atoms with Gasteiger partial charge in [0.15, 0.2) is 0 Å². The first-order chi connectivity index (χ1) is 20.8. The molecule has 44 heavy (non-hydrogen) atoms. The Hall–Kier alpha value is -1.75. The summed E-state index contributed by atoms with van der Waals surface area (Å²) in [5, 5.41) is 0. The molecule has 10 atom stereocenters. The summed E-state index contributed by atoms with van der Waals surface area (Å²) in [4.78, 5) is 61.2. The Balaban J connectivity index is 1.29. The summed E-state index contributed by atoms with van der Waals surface area (Å²) in [6.45, 7) is 9.87. The maximum Gasteiger partial charge on any atom is 0.305 e. The van der Waals surface area contributed by atoms with Crippen LogP contribution in [-0.2, 0) is 48.1 Å². The third-order valence-corrected chi connectivity index (χ3v) is 13.2. The molecule has 0 aromatic carbocycles. The Morgan fingerprint density at radius 3 is 2.14 bits per heavy atom. The number of hydrogen-bond donors (Lipinski definition) is 0. The summed E-state index contributed by atoms with van der Waals surface area (Å²) in [7, 11) is 1.43. The smallest absolute Gasteiger partial charge is 0.305 e. The van der Waals surface area contributed by atoms with Crippen molar-refractivity contribution in [3.8, 4) is 0 Å². The lowest BCUT2D eigenvalue weighted by Gasteiger charge is -2.65. The second kappa shape index (κ2) is 11.8. The third kappa shape index (κ3) is 5.39. The predicted octanol–water partition coefficient (Wildman–Crippen LogP) is 6.19. The maximum absolute atomic E-state index is 12.6. The number of carbonyl (C=O) groups is 3. The molecule has 2 spiro atoms. The van der Waals surface area contributed by atoms with Gasteiger partial charge in [-0.3, -0.25) is 14.4 Å². The van der Waals surface area contributed by atoms with E-state index in [1.54, 1.807) is 0 Å². The lowest BCUT2D eigenvalue weighted by Crippen LogP contribution is -2.65. The van der Waals surface area contributed by atoms with Gasteiger partial charge in [0.1, 0.15) is 12.2 Å². The van der Waals surface area contributed by atoms with Crippen LogP contribution in [0.15, 0.2) is 0 Å². The van der Waals surface area contributed by atoms with Gasteiger partial charge in [-0.15, -0.1) is 0 Å². The van der Waals surface area contributed by atoms with Crippen molar-refractivity contribution in [1.29, 1.82) is 0 Å². The van der Waals surface area contributed by atoms with Crippen LogP contribution in [0.3, 0.4) is 0 Å². The summed E-state index contributed by atoms with van der Waals surface area (Å²) in [6.07, 6.45) is 9.53. The standard InChI is InChI=1S/C34H52O10/c1-20(9-12-29(37)38-6)24-10-11-25-30-26(18-28(32(24,25)5)40-22(3)36)31(4)15-16-34(19-23(31)17-27(30)39-21(2)35)43-41-33(42-44-34)13-7-8-14-33/h20,23-28,30H,7-19H2,1-6H3/t20?,23-,24-,25?,26?,27?,28+,30?,31+,32-/m1/s1. The van der Waals surface area contributed by atoms with Crippen LogP contribution in [0.2, 0.25) is 0 Å². The molecule has 10 heteroatoms. The topological polar surface area (TPSA) is 116 Å². The number of rotatable bonds is 6. The molecule has 10 nitrogen and oxygen atoms in total. The first-order valence-corrected chi connectivity index (χ1v) is 17.0. The van der Waals surface area contributed by atoms with Crippen LogP contribution in [0.4, 0.5) is 0 Å². The summed E-state index contributed by atoms with van der Waals surface area (Å²) in [6, 6.07) is 0. The number of methoxy groups -OCH3 is 1. The molecule has 0 N–H and O–H groups in total. The van der Waals surface area contributed by atoms with E-state index < -0.39 is 11.6 Å². The number of hydrogen-bond acceptors (Lipinski definition) is 10. The van der Waals surface area contributed by atoms with Crippen molar-refractivity contribution in [2.24, 2.45) is 46.3 Å². The first-order valence-electron chi connectivity index (χ1n) is 17.0. The lowest BCUT2D eigenvalue weighted by molar-refractivity contribution is -0.661. The number of fused-ring (bicyclic) bond motifs is 5. The van der Waals surface area contributed by atoms with Crippen molar-refractivity contribution in [1.82, 2.24) is 0 Å². The van der Waals surface area contributed by atoms with Crippen molar-refractivity contribution in [2.75, 3.05) is 7.11 Å². The zero-order valence-corrected chi connectivity index (χ0v) is 27.4. The lowest BCUT2D eigenvalue weighted by atomic mass is 9.42. The molecule has 1 heterocycles. The highest BCUT2D eigenvalue weighted by atomic mass is 17.4. The van der Waals surface area contributed by atoms with E-state index in [9.17, 15) is 14.4 Å². The first kappa shape index (κ1) is 32.2. The zero-order valence-electron chi connectivity index (χ0n) is 27.4. The van der Waals surface area contributed by atoms with Crippen molar-refractivity contribution in [2.45, 2.75) is 142 Å². The molecule has 6 fully saturated rings. The summed E-state index contributed by atoms with van der Waals surface area (Å²) in [5.41, 5.74) is -0.400. The van der Waals surface area contributed by atoms with E-state index in [4.69, 9.17) is 33.8 Å². The van der Waals surface area contributed by atoms with Gasteiger partial charge in [0, 0.05) is 57.3 Å². The minimum absolute atomic E-state index is 0.101. The highest BCUT2D eigenvalue weighted by Crippen LogP contribution is 2.70. The monoisotopic (exact) mass is 620 g/mol. The molecule has 6 rings (SSSR count). The number of esters is 3. The maximum atomic E-state index is 12.6. The van der Waals surface area contributed by atoms with Gasteiger partial charge in [-0.2, -0.15) is 19.6 Å². The van der Waals surface area contributed by atoms with Crippen LogP contribution >= 0.6 is 0 Å². The zero-order chi connectivity index (χ0) is 31.5. The second-order valence-electron chi connectivity index (χ2n) is 15.4. The van der Waals surface area contributed by atoms with Gasteiger partial charge in [-0.05, 0) is 86.4 Å². The highest BCUT2D eigenvalue weighted by Gasteiger charge is 2.69. The largest absolute Gasteiger partial charge is 0.469 e. The van der Waals surface area contributed by atoms with E-state index in [1.807, 2.05) is 0 Å². The van der Waals surface area contributed by atoms with E-state index in [2.05, 4.69) is 20.8 Å². The molecule has 1 aliphatic heterocycles. The van der Waals surface area contributed by atoms with Gasteiger partial charge in [-0.1, -0.05) is 20.8 Å². The van der Waals surface area contributed by atoms with Gasteiger partial charge in [0.05, 0.1) is 7.11 Å². The minimum atomic E-state index is -0.988. The van der Waals surface area contributed by atoms with Crippen LogP contribution in [0.5, 0.6) is 0 Å². The van der Waals surface area contributed by atoms with Crippen LogP contribution < -0.4 is 0 Å². The molecule has 5 unspecified atom stereocenters. The quantitative estimate of drug-likeness (QED) is 0.193. The van der Waals surface area contributed by atoms with Gasteiger partial charge in [-0.25, -0.2) is 0 Å². The molecule has 248 valence electrons. The number of carbonyl (C=O) groups excluding carboxylic acids is 3. The van der Waals surface area contributed by atoms with Crippen LogP contribution in [0, 0.1) is 46.3 Å². The average molecular weight is 621 g/mol. The van der Waals surface area contributed by atoms with Crippen LogP contribution in [-0.4, -0.2) is 48.8 Å². The van der Waals surface area contributed by atoms with Crippen LogP contribution in [0.1, 0.15) is 118 Å². The Morgan fingerprint density at radius 1 is 0.841 bits per heavy atom. The highest BCUT2D eigenvalue weighted by molar-refractivity contribution is 5.69. The van der Waals surface area contributed by atoms with Crippen LogP contribution in [0.25, 0.3) is 0 Å². The fraction of sp³-hybridized carbons (Fsp3) is 0.912. The Kier molecular flexibility index (Phi) is 8.64. The minimum Gasteiger partial charge on any atom is -0.469 e. The Labute approximate surface area is 261 Å². The summed E-state index contributed by atoms with van der Waals surface area (Å²) >= 11 is 0. The number of ether oxygens (including phenoxy) is 3. The van der Waals surface area contributed by atoms with Gasteiger partial charge in [0.2, 0.25) is 11.6 Å². The molecule has 0 amide bonds. The van der Waals surface area contributed by atoms with Crippen molar-refractivity contribution >= 4 is 17.9 Å². The summed E-state index contributed by atoms with van der Waals surface area (Å²) in [5.74, 6) is -1.35. The predicted molar refractivity (Wildman–Crippen MR) is 156 cm³/mol. The van der Waals surface area contributed by atoms with E-state index in [0.717, 1.165) is 51.4 Å². The molecule has 1 saturated heterocycles. The molecule has 6 aliphatic rings. The molecular weight excluding hydrogens is 568 g/mol. The SMILES string of the molecule is COC(=O)CCC(C)[C@H]1CCC2C3C(OC(C)=O)C[C@@H]4CC5(CC[C@]4(C)C3C[C@H](OC(C)=O)[C@@]21C)OOC1(CCCC1)OO5. The summed E-state index contributed by atoms with van der Waals surface area (Å²) < 4.78 is 17.4. The van der Waals surface area contributed by atoms with Crippen molar-refractivity contribution in [3.05, 3.63) is 0 Å². The molecular formula is C34H52O10. The second-order valence-corrected chi connectivity index (χ2v) is 15.4. The average Bonchev–Trinajstić information content (AvgIpc) is 3.59. The van der Waals surface area contributed by atoms with E-state index in [-0.39, 0.29) is 76.5 Å². The fourth-order valence-corrected chi connectivity index (χ4v) is 11.0. The normalized spacial score (nSPS) is 42.5. The van der Waals surface area contributed by atoms with Crippen molar-refractivity contribution in [3.63, 3.8) is 0 Å². The fourth-order valence-electron chi connectivity index (χ4n) is 11.0. The van der Waals surface area contributed by atoms with Crippen molar-refractivity contribution < 1.29 is 48.1 Å². The van der Waals surface area contributed by atoms with Gasteiger partial charge in [0.25, 0.3) is 0 Å². The van der Waals surface area contributed by atoms with E-state index in [0.29, 0.717) is 32.1 Å². The van der Waals surface area contributed by atoms with E-state index in [1.165, 1.54) is 21.0 Å². The van der Waals surface area contributed by atoms with Gasteiger partial charge < -0.3 is 14.2 Å². The Morgan fingerprint density at radius 2 is 1.50 bits per heavy atom. The molecule has 0 aromatic heterocycles. The third-order valence-electron chi connectivity index (χ3n) is 13.2. The molecule has 5 saturated carbocycles. The van der Waals surface area contributed by atoms with E-state index >= 15 is 0 Å². The molecule has 0 bridgehead atoms. The van der Waals surface area contributed by atoms with Gasteiger partial charge >= 0.3 is 17.9 Å². The molecule has 0 radical (unpaired) electrons. The molecule has 5 aliphatic carbocycles. The Bertz CT molecular complexity index is 1110. The molecule has 0 aromatic rings.